The van der Waals surface area contributed by atoms with E-state index in [0.717, 1.165) is 4.90 Å². The fourth-order valence-corrected chi connectivity index (χ4v) is 1.86. The molecule has 0 aromatic heterocycles. The molecule has 0 aliphatic carbocycles. The average molecular weight is 231 g/mol. The quantitative estimate of drug-likeness (QED) is 0.682. The number of imide groups is 1. The lowest BCUT2D eigenvalue weighted by Crippen LogP contribution is -2.30. The fourth-order valence-electron chi connectivity index (χ4n) is 1.86. The molecule has 2 amide bonds. The summed E-state index contributed by atoms with van der Waals surface area (Å²) >= 11 is 0. The van der Waals surface area contributed by atoms with E-state index < -0.39 is 0 Å². The standard InChI is InChI=1S/C12H9NO4/c1-7-4-11(14)13(12(7)15)8-2-3-9-10(5-8)17-6-16-9/h2-5H,6H2,1H3. The van der Waals surface area contributed by atoms with E-state index in [1.165, 1.54) is 6.08 Å². The largest absolute Gasteiger partial charge is 0.454 e. The van der Waals surface area contributed by atoms with E-state index >= 15 is 0 Å². The topological polar surface area (TPSA) is 55.8 Å². The number of ether oxygens (including phenoxy) is 2. The Labute approximate surface area is 97.2 Å². The van der Waals surface area contributed by atoms with Gasteiger partial charge in [0.15, 0.2) is 11.5 Å². The number of hydrogen-bond donors (Lipinski definition) is 0. The van der Waals surface area contributed by atoms with Crippen molar-refractivity contribution < 1.29 is 19.1 Å². The minimum Gasteiger partial charge on any atom is -0.454 e. The number of nitrogens with zero attached hydrogens (tertiary/aromatic N) is 1. The zero-order chi connectivity index (χ0) is 12.0. The first-order chi connectivity index (χ1) is 8.16. The highest BCUT2D eigenvalue weighted by Gasteiger charge is 2.30. The summed E-state index contributed by atoms with van der Waals surface area (Å²) in [6.07, 6.45) is 1.33. The number of benzene rings is 1. The Bertz CT molecular complexity index is 562. The highest BCUT2D eigenvalue weighted by Crippen LogP contribution is 2.36. The second-order valence-corrected chi connectivity index (χ2v) is 3.84. The first-order valence-electron chi connectivity index (χ1n) is 5.13. The minimum absolute atomic E-state index is 0.165. The van der Waals surface area contributed by atoms with Crippen LogP contribution in [0.4, 0.5) is 5.69 Å². The van der Waals surface area contributed by atoms with Crippen molar-refractivity contribution in [2.45, 2.75) is 6.92 Å². The summed E-state index contributed by atoms with van der Waals surface area (Å²) in [5.74, 6) is 0.547. The smallest absolute Gasteiger partial charge is 0.261 e. The average Bonchev–Trinajstić information content (AvgIpc) is 2.84. The van der Waals surface area contributed by atoms with Gasteiger partial charge in [-0.2, -0.15) is 0 Å². The molecule has 0 spiro atoms. The summed E-state index contributed by atoms with van der Waals surface area (Å²) in [6.45, 7) is 1.78. The van der Waals surface area contributed by atoms with Crippen LogP contribution in [0.1, 0.15) is 6.92 Å². The number of carbonyl (C=O) groups is 2. The number of anilines is 1. The molecule has 0 N–H and O–H groups in total. The molecule has 0 radical (unpaired) electrons. The molecule has 5 nitrogen and oxygen atoms in total. The van der Waals surface area contributed by atoms with Gasteiger partial charge in [0.2, 0.25) is 6.79 Å². The lowest BCUT2D eigenvalue weighted by molar-refractivity contribution is -0.120. The van der Waals surface area contributed by atoms with Crippen molar-refractivity contribution in [2.75, 3.05) is 11.7 Å². The van der Waals surface area contributed by atoms with Crippen molar-refractivity contribution in [3.05, 3.63) is 29.8 Å². The maximum absolute atomic E-state index is 11.8. The van der Waals surface area contributed by atoms with Crippen molar-refractivity contribution in [3.63, 3.8) is 0 Å². The van der Waals surface area contributed by atoms with Gasteiger partial charge in [0.25, 0.3) is 11.8 Å². The Kier molecular flexibility index (Phi) is 1.95. The number of fused-ring (bicyclic) bond motifs is 1. The molecule has 5 heteroatoms. The number of carbonyl (C=O) groups excluding carboxylic acids is 2. The van der Waals surface area contributed by atoms with Crippen LogP contribution in [-0.2, 0) is 9.59 Å². The van der Waals surface area contributed by atoms with Crippen LogP contribution in [0.25, 0.3) is 0 Å². The van der Waals surface area contributed by atoms with Crippen molar-refractivity contribution >= 4 is 17.5 Å². The number of amides is 2. The molecule has 0 bridgehead atoms. The van der Waals surface area contributed by atoms with E-state index in [0.29, 0.717) is 22.8 Å². The molecule has 2 aliphatic heterocycles. The van der Waals surface area contributed by atoms with E-state index in [1.54, 1.807) is 25.1 Å². The van der Waals surface area contributed by atoms with Crippen LogP contribution in [0, 0.1) is 0 Å². The molecule has 2 heterocycles. The van der Waals surface area contributed by atoms with Gasteiger partial charge in [-0.15, -0.1) is 0 Å². The SMILES string of the molecule is CC1=CC(=O)N(c2ccc3c(c2)OCO3)C1=O. The summed E-state index contributed by atoms with van der Waals surface area (Å²) in [5, 5.41) is 0. The molecule has 86 valence electrons. The third-order valence-corrected chi connectivity index (χ3v) is 2.72. The van der Waals surface area contributed by atoms with Gasteiger partial charge in [-0.1, -0.05) is 0 Å². The van der Waals surface area contributed by atoms with E-state index in [2.05, 4.69) is 0 Å². The zero-order valence-corrected chi connectivity index (χ0v) is 9.10. The molecule has 2 aliphatic rings. The van der Waals surface area contributed by atoms with Gasteiger partial charge in [-0.3, -0.25) is 9.59 Å². The molecule has 17 heavy (non-hydrogen) atoms. The zero-order valence-electron chi connectivity index (χ0n) is 9.10. The summed E-state index contributed by atoms with van der Waals surface area (Å²) in [6, 6.07) is 4.98. The van der Waals surface area contributed by atoms with Crippen LogP contribution in [0.15, 0.2) is 29.8 Å². The molecular formula is C12H9NO4. The first kappa shape index (κ1) is 9.89. The van der Waals surface area contributed by atoms with Gasteiger partial charge in [0.05, 0.1) is 5.69 Å². The fraction of sp³-hybridized carbons (Fsp3) is 0.167. The van der Waals surface area contributed by atoms with Crippen LogP contribution in [0.2, 0.25) is 0 Å². The van der Waals surface area contributed by atoms with E-state index in [9.17, 15) is 9.59 Å². The molecule has 0 atom stereocenters. The molecular weight excluding hydrogens is 222 g/mol. The summed E-state index contributed by atoms with van der Waals surface area (Å²) in [5.41, 5.74) is 0.935. The van der Waals surface area contributed by atoms with Gasteiger partial charge in [0.1, 0.15) is 0 Å². The van der Waals surface area contributed by atoms with Crippen LogP contribution in [-0.4, -0.2) is 18.6 Å². The predicted molar refractivity (Wildman–Crippen MR) is 58.8 cm³/mol. The van der Waals surface area contributed by atoms with E-state index in [1.807, 2.05) is 0 Å². The summed E-state index contributed by atoms with van der Waals surface area (Å²) in [4.78, 5) is 24.6. The van der Waals surface area contributed by atoms with Gasteiger partial charge >= 0.3 is 0 Å². The van der Waals surface area contributed by atoms with Crippen LogP contribution < -0.4 is 14.4 Å². The third-order valence-electron chi connectivity index (χ3n) is 2.72. The Balaban J connectivity index is 2.01. The molecule has 0 unspecified atom stereocenters. The number of rotatable bonds is 1. The van der Waals surface area contributed by atoms with Crippen LogP contribution in [0.5, 0.6) is 11.5 Å². The Morgan fingerprint density at radius 1 is 1.18 bits per heavy atom. The highest BCUT2D eigenvalue weighted by atomic mass is 16.7. The second kappa shape index (κ2) is 3.35. The number of hydrogen-bond acceptors (Lipinski definition) is 4. The molecule has 0 saturated carbocycles. The summed E-state index contributed by atoms with van der Waals surface area (Å²) < 4.78 is 10.4. The summed E-state index contributed by atoms with van der Waals surface area (Å²) in [7, 11) is 0. The monoisotopic (exact) mass is 231 g/mol. The van der Waals surface area contributed by atoms with E-state index in [4.69, 9.17) is 9.47 Å². The maximum atomic E-state index is 11.8. The van der Waals surface area contributed by atoms with Crippen molar-refractivity contribution in [3.8, 4) is 11.5 Å². The Morgan fingerprint density at radius 2 is 1.94 bits per heavy atom. The Morgan fingerprint density at radius 3 is 2.65 bits per heavy atom. The molecule has 0 fully saturated rings. The van der Waals surface area contributed by atoms with Crippen LogP contribution in [0.3, 0.4) is 0 Å². The maximum Gasteiger partial charge on any atom is 0.261 e. The molecule has 1 aromatic rings. The van der Waals surface area contributed by atoms with Gasteiger partial charge < -0.3 is 9.47 Å². The molecule has 1 aromatic carbocycles. The normalized spacial score (nSPS) is 17.7. The third kappa shape index (κ3) is 1.39. The minimum atomic E-state index is -0.327. The Hall–Kier alpha value is -2.30. The van der Waals surface area contributed by atoms with E-state index in [-0.39, 0.29) is 18.6 Å². The van der Waals surface area contributed by atoms with Crippen molar-refractivity contribution in [1.82, 2.24) is 0 Å². The van der Waals surface area contributed by atoms with Gasteiger partial charge in [0, 0.05) is 17.7 Å². The highest BCUT2D eigenvalue weighted by molar-refractivity contribution is 6.30. The van der Waals surface area contributed by atoms with Gasteiger partial charge in [-0.05, 0) is 19.1 Å². The molecule has 3 rings (SSSR count). The second-order valence-electron chi connectivity index (χ2n) is 3.84. The lowest BCUT2D eigenvalue weighted by atomic mass is 10.2. The van der Waals surface area contributed by atoms with Gasteiger partial charge in [-0.25, -0.2) is 4.90 Å². The predicted octanol–water partition coefficient (Wildman–Crippen LogP) is 1.23. The lowest BCUT2D eigenvalue weighted by Gasteiger charge is -2.14. The van der Waals surface area contributed by atoms with Crippen molar-refractivity contribution in [1.29, 1.82) is 0 Å². The van der Waals surface area contributed by atoms with Crippen molar-refractivity contribution in [2.24, 2.45) is 0 Å². The van der Waals surface area contributed by atoms with Crippen LogP contribution >= 0.6 is 0 Å². The first-order valence-corrected chi connectivity index (χ1v) is 5.13. The molecule has 0 saturated heterocycles.